The fourth-order valence-corrected chi connectivity index (χ4v) is 2.04. The van der Waals surface area contributed by atoms with Gasteiger partial charge in [0.25, 0.3) is 0 Å². The first kappa shape index (κ1) is 13.3. The highest BCUT2D eigenvalue weighted by molar-refractivity contribution is 5.58. The van der Waals surface area contributed by atoms with E-state index in [0.717, 1.165) is 18.8 Å². The molecule has 2 rings (SSSR count). The van der Waals surface area contributed by atoms with Gasteiger partial charge < -0.3 is 5.32 Å². The zero-order valence-corrected chi connectivity index (χ0v) is 10.8. The summed E-state index contributed by atoms with van der Waals surface area (Å²) in [6.45, 7) is 2.05. The number of hydrogen-bond donors (Lipinski definition) is 1. The van der Waals surface area contributed by atoms with Crippen LogP contribution in [0.4, 0.5) is 11.5 Å². The van der Waals surface area contributed by atoms with Gasteiger partial charge in [-0.05, 0) is 18.8 Å². The van der Waals surface area contributed by atoms with Gasteiger partial charge in [-0.25, -0.2) is 4.98 Å². The zero-order valence-electron chi connectivity index (χ0n) is 10.8. The highest BCUT2D eigenvalue weighted by Crippen LogP contribution is 2.35. The molecule has 1 aliphatic carbocycles. The van der Waals surface area contributed by atoms with Crippen molar-refractivity contribution < 1.29 is 4.92 Å². The van der Waals surface area contributed by atoms with Gasteiger partial charge in [0.1, 0.15) is 6.07 Å². The van der Waals surface area contributed by atoms with Gasteiger partial charge in [0, 0.05) is 18.3 Å². The van der Waals surface area contributed by atoms with Crippen LogP contribution in [-0.4, -0.2) is 15.9 Å². The summed E-state index contributed by atoms with van der Waals surface area (Å²) in [5.41, 5.74) is 0.0702. The lowest BCUT2D eigenvalue weighted by atomic mass is 10.1. The molecule has 0 spiro atoms. The summed E-state index contributed by atoms with van der Waals surface area (Å²) in [7, 11) is 0. The average molecular weight is 260 g/mol. The number of rotatable bonds is 6. The van der Waals surface area contributed by atoms with Crippen LogP contribution in [0.25, 0.3) is 0 Å². The Bertz CT molecular complexity index is 520. The molecule has 0 amide bonds. The Kier molecular flexibility index (Phi) is 3.95. The van der Waals surface area contributed by atoms with Crippen molar-refractivity contribution in [3.8, 4) is 6.07 Å². The average Bonchev–Trinajstić information content (AvgIpc) is 3.22. The molecule has 1 atom stereocenters. The maximum atomic E-state index is 11.0. The second-order valence-corrected chi connectivity index (χ2v) is 4.89. The van der Waals surface area contributed by atoms with Gasteiger partial charge in [0.15, 0.2) is 0 Å². The number of anilines is 1. The van der Waals surface area contributed by atoms with E-state index >= 15 is 0 Å². The van der Waals surface area contributed by atoms with Gasteiger partial charge >= 0.3 is 5.69 Å². The van der Waals surface area contributed by atoms with Crippen LogP contribution in [0.15, 0.2) is 12.3 Å². The minimum atomic E-state index is -0.500. The first-order valence-electron chi connectivity index (χ1n) is 6.45. The van der Waals surface area contributed by atoms with Crippen molar-refractivity contribution in [2.24, 2.45) is 5.92 Å². The van der Waals surface area contributed by atoms with Crippen molar-refractivity contribution in [3.63, 3.8) is 0 Å². The molecule has 19 heavy (non-hydrogen) atoms. The molecule has 100 valence electrons. The van der Waals surface area contributed by atoms with Gasteiger partial charge in [0.2, 0.25) is 5.82 Å². The lowest BCUT2D eigenvalue weighted by Gasteiger charge is -2.17. The first-order valence-corrected chi connectivity index (χ1v) is 6.45. The van der Waals surface area contributed by atoms with Crippen molar-refractivity contribution in [3.05, 3.63) is 27.9 Å². The number of nitro groups is 1. The quantitative estimate of drug-likeness (QED) is 0.627. The fourth-order valence-electron chi connectivity index (χ4n) is 2.04. The van der Waals surface area contributed by atoms with Crippen LogP contribution in [0.2, 0.25) is 0 Å². The molecule has 6 heteroatoms. The molecule has 1 aromatic heterocycles. The fraction of sp³-hybridized carbons (Fsp3) is 0.538. The van der Waals surface area contributed by atoms with Crippen molar-refractivity contribution >= 4 is 11.5 Å². The zero-order chi connectivity index (χ0) is 13.8. The van der Waals surface area contributed by atoms with E-state index in [9.17, 15) is 10.1 Å². The van der Waals surface area contributed by atoms with Crippen LogP contribution in [0, 0.1) is 27.4 Å². The molecule has 0 aliphatic heterocycles. The van der Waals surface area contributed by atoms with Gasteiger partial charge in [0.05, 0.1) is 10.5 Å². The first-order chi connectivity index (χ1) is 9.13. The summed E-state index contributed by atoms with van der Waals surface area (Å²) in [5, 5.41) is 22.9. The van der Waals surface area contributed by atoms with Crippen LogP contribution in [0.1, 0.15) is 38.2 Å². The Morgan fingerprint density at radius 1 is 1.68 bits per heavy atom. The maximum Gasteiger partial charge on any atom is 0.312 e. The molecule has 1 aromatic rings. The van der Waals surface area contributed by atoms with E-state index in [-0.39, 0.29) is 23.1 Å². The molecule has 1 saturated carbocycles. The topological polar surface area (TPSA) is 91.8 Å². The van der Waals surface area contributed by atoms with E-state index in [1.807, 2.05) is 6.07 Å². The molecule has 6 nitrogen and oxygen atoms in total. The number of pyridine rings is 1. The number of nitrogens with one attached hydrogen (secondary N) is 1. The Hall–Kier alpha value is -2.16. The Balaban J connectivity index is 2.17. The maximum absolute atomic E-state index is 11.0. The van der Waals surface area contributed by atoms with Gasteiger partial charge in [-0.15, -0.1) is 0 Å². The molecule has 0 radical (unpaired) electrons. The van der Waals surface area contributed by atoms with Crippen molar-refractivity contribution in [1.82, 2.24) is 4.98 Å². The van der Waals surface area contributed by atoms with Crippen LogP contribution in [-0.2, 0) is 0 Å². The Morgan fingerprint density at radius 3 is 2.95 bits per heavy atom. The number of nitrogens with zero attached hydrogens (tertiary/aromatic N) is 3. The second-order valence-electron chi connectivity index (χ2n) is 4.89. The molecule has 1 heterocycles. The van der Waals surface area contributed by atoms with Gasteiger partial charge in [-0.3, -0.25) is 10.1 Å². The Morgan fingerprint density at radius 2 is 2.42 bits per heavy atom. The molecule has 1 fully saturated rings. The molecule has 0 aromatic carbocycles. The second kappa shape index (κ2) is 5.65. The molecular weight excluding hydrogens is 244 g/mol. The molecule has 0 bridgehead atoms. The van der Waals surface area contributed by atoms with Crippen LogP contribution < -0.4 is 5.32 Å². The summed E-state index contributed by atoms with van der Waals surface area (Å²) in [6, 6.07) is 3.33. The van der Waals surface area contributed by atoms with Crippen LogP contribution in [0.5, 0.6) is 0 Å². The standard InChI is InChI=1S/C13H16N4O2/c1-2-11(5-9-3-4-9)16-13-12(17(18)19)6-10(7-14)8-15-13/h6,8-9,11H,2-5H2,1H3,(H,15,16). The number of nitriles is 1. The molecule has 1 unspecified atom stereocenters. The summed E-state index contributed by atoms with van der Waals surface area (Å²) in [4.78, 5) is 14.5. The number of hydrogen-bond acceptors (Lipinski definition) is 5. The molecular formula is C13H16N4O2. The predicted octanol–water partition coefficient (Wildman–Crippen LogP) is 2.85. The smallest absolute Gasteiger partial charge is 0.312 e. The molecule has 1 N–H and O–H groups in total. The van der Waals surface area contributed by atoms with E-state index < -0.39 is 4.92 Å². The monoisotopic (exact) mass is 260 g/mol. The summed E-state index contributed by atoms with van der Waals surface area (Å²) in [6.07, 6.45) is 5.78. The molecule has 0 saturated heterocycles. The van der Waals surface area contributed by atoms with Gasteiger partial charge in [-0.1, -0.05) is 19.8 Å². The van der Waals surface area contributed by atoms with E-state index in [0.29, 0.717) is 0 Å². The van der Waals surface area contributed by atoms with E-state index in [2.05, 4.69) is 17.2 Å². The van der Waals surface area contributed by atoms with E-state index in [4.69, 9.17) is 5.26 Å². The van der Waals surface area contributed by atoms with Crippen molar-refractivity contribution in [2.45, 2.75) is 38.6 Å². The predicted molar refractivity (Wildman–Crippen MR) is 70.6 cm³/mol. The van der Waals surface area contributed by atoms with E-state index in [1.165, 1.54) is 25.1 Å². The summed E-state index contributed by atoms with van der Waals surface area (Å²) in [5.74, 6) is 1.01. The lowest BCUT2D eigenvalue weighted by Crippen LogP contribution is -2.20. The molecule has 1 aliphatic rings. The number of aromatic nitrogens is 1. The summed E-state index contributed by atoms with van der Waals surface area (Å²) >= 11 is 0. The highest BCUT2D eigenvalue weighted by atomic mass is 16.6. The van der Waals surface area contributed by atoms with Crippen molar-refractivity contribution in [2.75, 3.05) is 5.32 Å². The van der Waals surface area contributed by atoms with Crippen LogP contribution in [0.3, 0.4) is 0 Å². The Labute approximate surface area is 111 Å². The third kappa shape index (κ3) is 3.41. The summed E-state index contributed by atoms with van der Waals surface area (Å²) < 4.78 is 0. The minimum Gasteiger partial charge on any atom is -0.362 e. The SMILES string of the molecule is CCC(CC1CC1)Nc1ncc(C#N)cc1[N+](=O)[O-]. The largest absolute Gasteiger partial charge is 0.362 e. The third-order valence-corrected chi connectivity index (χ3v) is 3.34. The van der Waals surface area contributed by atoms with E-state index in [1.54, 1.807) is 0 Å². The minimum absolute atomic E-state index is 0.131. The normalized spacial score (nSPS) is 15.6. The van der Waals surface area contributed by atoms with Crippen molar-refractivity contribution in [1.29, 1.82) is 5.26 Å². The highest BCUT2D eigenvalue weighted by Gasteiger charge is 2.26. The third-order valence-electron chi connectivity index (χ3n) is 3.34. The van der Waals surface area contributed by atoms with Crippen LogP contribution >= 0.6 is 0 Å². The lowest BCUT2D eigenvalue weighted by molar-refractivity contribution is -0.384. The van der Waals surface area contributed by atoms with Gasteiger partial charge in [-0.2, -0.15) is 5.26 Å².